The third kappa shape index (κ3) is 4.51. The van der Waals surface area contributed by atoms with E-state index < -0.39 is 26.6 Å². The van der Waals surface area contributed by atoms with Gasteiger partial charge in [-0.15, -0.1) is 0 Å². The Labute approximate surface area is 131 Å². The Morgan fingerprint density at radius 1 is 1.17 bits per heavy atom. The zero-order valence-electron chi connectivity index (χ0n) is 11.7. The number of Topliss-reactive ketones (excluding diaryl/α,β-unsaturated/α-hetero) is 1. The van der Waals surface area contributed by atoms with Crippen molar-refractivity contribution < 1.29 is 22.3 Å². The maximum absolute atomic E-state index is 11.9. The van der Waals surface area contributed by atoms with Gasteiger partial charge >= 0.3 is 10.1 Å². The van der Waals surface area contributed by atoms with Gasteiger partial charge in [0, 0.05) is 17.3 Å². The van der Waals surface area contributed by atoms with Crippen LogP contribution < -0.4 is 9.92 Å². The number of rotatable bonds is 6. The normalized spacial score (nSPS) is 11.0. The molecular weight excluding hydrogens is 324 g/mol. The highest BCUT2D eigenvalue weighted by Crippen LogP contribution is 2.21. The first-order valence-corrected chi connectivity index (χ1v) is 7.90. The number of nitrogens with zero attached hydrogens (tertiary/aromatic N) is 1. The molecule has 2 aromatic rings. The SMILES string of the molecule is Nc1ccc(C(=O)CS(=O)(=O)Oc2cccc([N+](=O)[O-])c2)cc1. The van der Waals surface area contributed by atoms with Gasteiger partial charge in [-0.25, -0.2) is 0 Å². The molecule has 0 atom stereocenters. The van der Waals surface area contributed by atoms with E-state index in [4.69, 9.17) is 9.92 Å². The lowest BCUT2D eigenvalue weighted by Crippen LogP contribution is -2.21. The minimum Gasteiger partial charge on any atom is -0.399 e. The minimum absolute atomic E-state index is 0.172. The van der Waals surface area contributed by atoms with Crippen LogP contribution in [0.5, 0.6) is 5.75 Å². The number of carbonyl (C=O) groups excluding carboxylic acids is 1. The summed E-state index contributed by atoms with van der Waals surface area (Å²) in [5.74, 6) is -1.79. The molecule has 2 aromatic carbocycles. The first kappa shape index (κ1) is 16.4. The number of nitro benzene ring substituents is 1. The van der Waals surface area contributed by atoms with Gasteiger partial charge in [0.1, 0.15) is 11.5 Å². The number of carbonyl (C=O) groups is 1. The molecule has 2 rings (SSSR count). The molecule has 0 aromatic heterocycles. The van der Waals surface area contributed by atoms with Crippen LogP contribution >= 0.6 is 0 Å². The summed E-state index contributed by atoms with van der Waals surface area (Å²) < 4.78 is 28.5. The molecule has 0 aliphatic carbocycles. The molecule has 0 unspecified atom stereocenters. The molecule has 0 aliphatic heterocycles. The van der Waals surface area contributed by atoms with Crippen LogP contribution in [0.4, 0.5) is 11.4 Å². The highest BCUT2D eigenvalue weighted by Gasteiger charge is 2.21. The van der Waals surface area contributed by atoms with Crippen LogP contribution in [0, 0.1) is 10.1 Å². The molecule has 0 fully saturated rings. The van der Waals surface area contributed by atoms with Gasteiger partial charge in [0.25, 0.3) is 5.69 Å². The van der Waals surface area contributed by atoms with Crippen molar-refractivity contribution in [1.29, 1.82) is 0 Å². The summed E-state index contributed by atoms with van der Waals surface area (Å²) in [7, 11) is -4.24. The Morgan fingerprint density at radius 2 is 1.83 bits per heavy atom. The summed E-state index contributed by atoms with van der Waals surface area (Å²) in [5, 5.41) is 10.6. The zero-order valence-corrected chi connectivity index (χ0v) is 12.5. The number of ketones is 1. The molecule has 0 saturated heterocycles. The lowest BCUT2D eigenvalue weighted by molar-refractivity contribution is -0.384. The molecule has 0 saturated carbocycles. The lowest BCUT2D eigenvalue weighted by Gasteiger charge is -2.06. The summed E-state index contributed by atoms with van der Waals surface area (Å²) in [4.78, 5) is 21.9. The first-order valence-electron chi connectivity index (χ1n) is 6.32. The maximum atomic E-state index is 11.9. The molecule has 0 radical (unpaired) electrons. The number of hydrogen-bond acceptors (Lipinski definition) is 7. The van der Waals surface area contributed by atoms with Gasteiger partial charge in [-0.2, -0.15) is 8.42 Å². The fourth-order valence-corrected chi connectivity index (χ4v) is 2.68. The average Bonchev–Trinajstić information content (AvgIpc) is 2.47. The highest BCUT2D eigenvalue weighted by molar-refractivity contribution is 7.87. The van der Waals surface area contributed by atoms with E-state index in [1.165, 1.54) is 42.5 Å². The topological polar surface area (TPSA) is 130 Å². The van der Waals surface area contributed by atoms with E-state index >= 15 is 0 Å². The smallest absolute Gasteiger partial charge is 0.316 e. The summed E-state index contributed by atoms with van der Waals surface area (Å²) in [6.07, 6.45) is 0. The first-order chi connectivity index (χ1) is 10.8. The molecule has 0 spiro atoms. The number of hydrogen-bond donors (Lipinski definition) is 1. The van der Waals surface area contributed by atoms with E-state index in [2.05, 4.69) is 0 Å². The fourth-order valence-electron chi connectivity index (χ4n) is 1.74. The van der Waals surface area contributed by atoms with E-state index in [0.717, 1.165) is 6.07 Å². The van der Waals surface area contributed by atoms with Crippen LogP contribution in [0.25, 0.3) is 0 Å². The van der Waals surface area contributed by atoms with Gasteiger partial charge < -0.3 is 9.92 Å². The van der Waals surface area contributed by atoms with E-state index in [1.807, 2.05) is 0 Å². The number of anilines is 1. The van der Waals surface area contributed by atoms with E-state index in [1.54, 1.807) is 0 Å². The van der Waals surface area contributed by atoms with Crippen LogP contribution in [-0.2, 0) is 10.1 Å². The quantitative estimate of drug-likeness (QED) is 0.280. The third-order valence-corrected chi connectivity index (χ3v) is 3.85. The van der Waals surface area contributed by atoms with Crippen molar-refractivity contribution in [3.05, 3.63) is 64.2 Å². The second-order valence-electron chi connectivity index (χ2n) is 4.58. The van der Waals surface area contributed by atoms with Crippen LogP contribution in [-0.4, -0.2) is 24.9 Å². The van der Waals surface area contributed by atoms with Gasteiger partial charge in [-0.05, 0) is 30.3 Å². The molecule has 23 heavy (non-hydrogen) atoms. The maximum Gasteiger partial charge on any atom is 0.316 e. The van der Waals surface area contributed by atoms with Crippen LogP contribution in [0.1, 0.15) is 10.4 Å². The Bertz CT molecular complexity index is 846. The van der Waals surface area contributed by atoms with E-state index in [0.29, 0.717) is 5.69 Å². The molecular formula is C14H12N2O6S. The standard InChI is InChI=1S/C14H12N2O6S/c15-11-6-4-10(5-7-11)14(17)9-23(20,21)22-13-3-1-2-12(8-13)16(18)19/h1-8H,9,15H2. The molecule has 0 aliphatic rings. The third-order valence-electron chi connectivity index (χ3n) is 2.79. The number of nitrogens with two attached hydrogens (primary N) is 1. The molecule has 0 heterocycles. The second-order valence-corrected chi connectivity index (χ2v) is 6.16. The predicted octanol–water partition coefficient (Wildman–Crippen LogP) is 1.77. The van der Waals surface area contributed by atoms with Crippen molar-refractivity contribution in [2.45, 2.75) is 0 Å². The van der Waals surface area contributed by atoms with Crippen molar-refractivity contribution in [3.8, 4) is 5.75 Å². The van der Waals surface area contributed by atoms with Crippen LogP contribution in [0.15, 0.2) is 48.5 Å². The summed E-state index contributed by atoms with van der Waals surface area (Å²) in [6, 6.07) is 10.4. The van der Waals surface area contributed by atoms with Gasteiger partial charge in [-0.1, -0.05) is 6.07 Å². The summed E-state index contributed by atoms with van der Waals surface area (Å²) >= 11 is 0. The van der Waals surface area contributed by atoms with Crippen LogP contribution in [0.3, 0.4) is 0 Å². The van der Waals surface area contributed by atoms with Crippen molar-refractivity contribution in [1.82, 2.24) is 0 Å². The minimum atomic E-state index is -4.24. The monoisotopic (exact) mass is 336 g/mol. The van der Waals surface area contributed by atoms with Crippen molar-refractivity contribution >= 4 is 27.3 Å². The van der Waals surface area contributed by atoms with Gasteiger partial charge in [0.05, 0.1) is 11.0 Å². The Morgan fingerprint density at radius 3 is 2.43 bits per heavy atom. The zero-order chi connectivity index (χ0) is 17.0. The summed E-state index contributed by atoms with van der Waals surface area (Å²) in [6.45, 7) is 0. The van der Waals surface area contributed by atoms with Gasteiger partial charge in [0.2, 0.25) is 0 Å². The number of benzene rings is 2. The van der Waals surface area contributed by atoms with Crippen molar-refractivity contribution in [2.75, 3.05) is 11.5 Å². The van der Waals surface area contributed by atoms with Gasteiger partial charge in [-0.3, -0.25) is 14.9 Å². The largest absolute Gasteiger partial charge is 0.399 e. The van der Waals surface area contributed by atoms with E-state index in [9.17, 15) is 23.3 Å². The Balaban J connectivity index is 2.13. The molecule has 8 nitrogen and oxygen atoms in total. The molecule has 9 heteroatoms. The second kappa shape index (κ2) is 6.44. The van der Waals surface area contributed by atoms with E-state index in [-0.39, 0.29) is 17.0 Å². The van der Waals surface area contributed by atoms with Crippen molar-refractivity contribution in [2.24, 2.45) is 0 Å². The molecule has 2 N–H and O–H groups in total. The Kier molecular flexibility index (Phi) is 4.60. The number of non-ortho nitro benzene ring substituents is 1. The summed E-state index contributed by atoms with van der Waals surface area (Å²) in [5.41, 5.74) is 5.78. The lowest BCUT2D eigenvalue weighted by atomic mass is 10.1. The predicted molar refractivity (Wildman–Crippen MR) is 82.7 cm³/mol. The van der Waals surface area contributed by atoms with Gasteiger partial charge in [0.15, 0.2) is 5.78 Å². The molecule has 0 amide bonds. The van der Waals surface area contributed by atoms with Crippen LogP contribution in [0.2, 0.25) is 0 Å². The molecule has 120 valence electrons. The van der Waals surface area contributed by atoms with Crippen molar-refractivity contribution in [3.63, 3.8) is 0 Å². The molecule has 0 bridgehead atoms. The number of nitro groups is 1. The average molecular weight is 336 g/mol. The Hall–Kier alpha value is -2.94. The highest BCUT2D eigenvalue weighted by atomic mass is 32.2. The number of nitrogen functional groups attached to an aromatic ring is 1. The fraction of sp³-hybridized carbons (Fsp3) is 0.0714.